The summed E-state index contributed by atoms with van der Waals surface area (Å²) in [4.78, 5) is 18.8. The molecule has 0 aliphatic rings. The van der Waals surface area contributed by atoms with Crippen LogP contribution in [0.5, 0.6) is 5.75 Å². The number of methoxy groups -OCH3 is 1. The fourth-order valence-corrected chi connectivity index (χ4v) is 3.24. The number of nitrogens with one attached hydrogen (secondary N) is 1. The first-order valence-corrected chi connectivity index (χ1v) is 9.30. The van der Waals surface area contributed by atoms with Gasteiger partial charge in [-0.2, -0.15) is 0 Å². The van der Waals surface area contributed by atoms with Gasteiger partial charge in [-0.15, -0.1) is 23.1 Å². The number of amides is 1. The molecule has 3 rings (SSSR count). The van der Waals surface area contributed by atoms with Crippen molar-refractivity contribution < 1.29 is 13.9 Å². The Morgan fingerprint density at radius 2 is 2.29 bits per heavy atom. The van der Waals surface area contributed by atoms with E-state index in [9.17, 15) is 4.79 Å². The van der Waals surface area contributed by atoms with Crippen LogP contribution in [0.4, 0.5) is 0 Å². The molecule has 0 aliphatic heterocycles. The number of carbonyl (C=O) groups excluding carboxylic acids is 1. The number of aromatic nitrogens is 1. The number of thioether (sulfide) groups is 1. The van der Waals surface area contributed by atoms with Crippen molar-refractivity contribution in [1.82, 2.24) is 10.3 Å². The second kappa shape index (κ2) is 7.55. The van der Waals surface area contributed by atoms with Gasteiger partial charge in [0.15, 0.2) is 0 Å². The highest BCUT2D eigenvalue weighted by Gasteiger charge is 2.14. The van der Waals surface area contributed by atoms with E-state index in [1.54, 1.807) is 42.5 Å². The molecule has 1 N–H and O–H groups in total. The van der Waals surface area contributed by atoms with E-state index in [0.717, 1.165) is 9.77 Å². The summed E-state index contributed by atoms with van der Waals surface area (Å²) in [5, 5.41) is 4.81. The summed E-state index contributed by atoms with van der Waals surface area (Å²) >= 11 is 3.15. The Kier molecular flexibility index (Phi) is 5.22. The van der Waals surface area contributed by atoms with E-state index < -0.39 is 0 Å². The summed E-state index contributed by atoms with van der Waals surface area (Å²) in [5.41, 5.74) is 1.17. The van der Waals surface area contributed by atoms with Crippen molar-refractivity contribution in [1.29, 1.82) is 0 Å². The van der Waals surface area contributed by atoms with Crippen LogP contribution in [0.1, 0.15) is 16.1 Å². The number of rotatable bonds is 6. The molecule has 0 radical (unpaired) electrons. The molecule has 7 heteroatoms. The molecule has 3 aromatic rings. The van der Waals surface area contributed by atoms with E-state index in [4.69, 9.17) is 9.15 Å². The summed E-state index contributed by atoms with van der Waals surface area (Å²) in [5.74, 6) is 0.912. The van der Waals surface area contributed by atoms with Crippen LogP contribution in [0.3, 0.4) is 0 Å². The number of thiophene rings is 1. The number of oxazole rings is 1. The minimum Gasteiger partial charge on any atom is -0.496 e. The normalized spacial score (nSPS) is 10.6. The predicted octanol–water partition coefficient (Wildman–Crippen LogP) is 4.06. The third-order valence-electron chi connectivity index (χ3n) is 3.37. The van der Waals surface area contributed by atoms with Crippen LogP contribution in [-0.2, 0) is 6.54 Å². The molecule has 0 bridgehead atoms. The molecule has 0 atom stereocenters. The zero-order valence-electron chi connectivity index (χ0n) is 13.2. The minimum absolute atomic E-state index is 0.208. The smallest absolute Gasteiger partial charge is 0.255 e. The number of hydrogen-bond donors (Lipinski definition) is 1. The van der Waals surface area contributed by atoms with Crippen LogP contribution in [0, 0.1) is 0 Å². The molecule has 1 aromatic carbocycles. The molecule has 24 heavy (non-hydrogen) atoms. The van der Waals surface area contributed by atoms with Gasteiger partial charge in [0.25, 0.3) is 5.91 Å². The Bertz CT molecular complexity index is 828. The summed E-state index contributed by atoms with van der Waals surface area (Å²) in [6.07, 6.45) is 3.54. The number of hydrogen-bond acceptors (Lipinski definition) is 6. The molecular weight excluding hydrogens is 344 g/mol. The topological polar surface area (TPSA) is 64.4 Å². The quantitative estimate of drug-likeness (QED) is 0.672. The number of benzene rings is 1. The van der Waals surface area contributed by atoms with E-state index >= 15 is 0 Å². The van der Waals surface area contributed by atoms with Gasteiger partial charge in [-0.3, -0.25) is 4.79 Å². The largest absolute Gasteiger partial charge is 0.496 e. The molecule has 0 aliphatic carbocycles. The van der Waals surface area contributed by atoms with Crippen molar-refractivity contribution in [2.45, 2.75) is 11.4 Å². The molecular formula is C17H16N2O3S2. The number of ether oxygens (including phenoxy) is 1. The molecule has 1 amide bonds. The van der Waals surface area contributed by atoms with Gasteiger partial charge in [-0.1, -0.05) is 6.07 Å². The molecule has 0 saturated heterocycles. The molecule has 0 fully saturated rings. The van der Waals surface area contributed by atoms with Gasteiger partial charge < -0.3 is 14.5 Å². The van der Waals surface area contributed by atoms with Gasteiger partial charge >= 0.3 is 0 Å². The van der Waals surface area contributed by atoms with Gasteiger partial charge in [0.05, 0.1) is 29.8 Å². The molecule has 5 nitrogen and oxygen atoms in total. The first-order chi connectivity index (χ1) is 11.7. The Morgan fingerprint density at radius 3 is 3.00 bits per heavy atom. The fraction of sp³-hybridized carbons (Fsp3) is 0.176. The molecule has 124 valence electrons. The maximum Gasteiger partial charge on any atom is 0.255 e. The van der Waals surface area contributed by atoms with Crippen molar-refractivity contribution in [3.63, 3.8) is 0 Å². The lowest BCUT2D eigenvalue weighted by Crippen LogP contribution is -2.23. The Morgan fingerprint density at radius 1 is 1.42 bits per heavy atom. The van der Waals surface area contributed by atoms with E-state index in [0.29, 0.717) is 29.4 Å². The fourth-order valence-electron chi connectivity index (χ4n) is 2.15. The van der Waals surface area contributed by atoms with E-state index in [-0.39, 0.29) is 5.91 Å². The third-order valence-corrected chi connectivity index (χ3v) is 4.95. The molecule has 2 heterocycles. The van der Waals surface area contributed by atoms with Crippen LogP contribution >= 0.6 is 23.1 Å². The predicted molar refractivity (Wildman–Crippen MR) is 95.8 cm³/mol. The lowest BCUT2D eigenvalue weighted by molar-refractivity contribution is 0.0947. The summed E-state index contributed by atoms with van der Waals surface area (Å²) in [6.45, 7) is 0.293. The maximum atomic E-state index is 12.4. The molecule has 0 spiro atoms. The van der Waals surface area contributed by atoms with Crippen LogP contribution < -0.4 is 10.1 Å². The van der Waals surface area contributed by atoms with Crippen LogP contribution in [0.25, 0.3) is 10.8 Å². The average molecular weight is 360 g/mol. The van der Waals surface area contributed by atoms with Gasteiger partial charge in [0, 0.05) is 4.90 Å². The Balaban J connectivity index is 1.67. The molecule has 0 unspecified atom stereocenters. The van der Waals surface area contributed by atoms with E-state index in [2.05, 4.69) is 10.3 Å². The summed E-state index contributed by atoms with van der Waals surface area (Å²) in [7, 11) is 1.56. The van der Waals surface area contributed by atoms with Gasteiger partial charge in [0.1, 0.15) is 12.0 Å². The second-order valence-corrected chi connectivity index (χ2v) is 6.70. The van der Waals surface area contributed by atoms with E-state index in [1.165, 1.54) is 0 Å². The first-order valence-electron chi connectivity index (χ1n) is 7.19. The lowest BCUT2D eigenvalue weighted by atomic mass is 10.2. The third kappa shape index (κ3) is 3.63. The minimum atomic E-state index is -0.208. The summed E-state index contributed by atoms with van der Waals surface area (Å²) < 4.78 is 10.7. The SMILES string of the molecule is COc1cc(SC)ccc1C(=O)NCc1coc(-c2cccs2)n1. The first kappa shape index (κ1) is 16.6. The highest BCUT2D eigenvalue weighted by Crippen LogP contribution is 2.26. The van der Waals surface area contributed by atoms with Gasteiger partial charge in [0.2, 0.25) is 5.89 Å². The standard InChI is InChI=1S/C17H16N2O3S2/c1-21-14-8-12(23-2)5-6-13(14)16(20)18-9-11-10-22-17(19-11)15-4-3-7-24-15/h3-8,10H,9H2,1-2H3,(H,18,20). The Labute approximate surface area is 148 Å². The van der Waals surface area contributed by atoms with Gasteiger partial charge in [-0.05, 0) is 35.9 Å². The zero-order chi connectivity index (χ0) is 16.9. The number of nitrogens with zero attached hydrogens (tertiary/aromatic N) is 1. The lowest BCUT2D eigenvalue weighted by Gasteiger charge is -2.09. The monoisotopic (exact) mass is 360 g/mol. The Hall–Kier alpha value is -2.25. The number of carbonyl (C=O) groups is 1. The van der Waals surface area contributed by atoms with Crippen molar-refractivity contribution in [3.05, 3.63) is 53.2 Å². The van der Waals surface area contributed by atoms with Crippen molar-refractivity contribution in [2.75, 3.05) is 13.4 Å². The van der Waals surface area contributed by atoms with Crippen molar-refractivity contribution in [3.8, 4) is 16.5 Å². The average Bonchev–Trinajstić information content (AvgIpc) is 3.30. The van der Waals surface area contributed by atoms with Crippen molar-refractivity contribution >= 4 is 29.0 Å². The highest BCUT2D eigenvalue weighted by atomic mass is 32.2. The molecule has 2 aromatic heterocycles. The van der Waals surface area contributed by atoms with Crippen molar-refractivity contribution in [2.24, 2.45) is 0 Å². The van der Waals surface area contributed by atoms with Gasteiger partial charge in [-0.25, -0.2) is 4.98 Å². The van der Waals surface area contributed by atoms with Crippen LogP contribution in [0.2, 0.25) is 0 Å². The van der Waals surface area contributed by atoms with Crippen LogP contribution in [-0.4, -0.2) is 24.3 Å². The zero-order valence-corrected chi connectivity index (χ0v) is 14.9. The maximum absolute atomic E-state index is 12.4. The van der Waals surface area contributed by atoms with E-state index in [1.807, 2.05) is 35.9 Å². The summed E-state index contributed by atoms with van der Waals surface area (Å²) in [6, 6.07) is 9.39. The second-order valence-electron chi connectivity index (χ2n) is 4.87. The van der Waals surface area contributed by atoms with Crippen LogP contribution in [0.15, 0.2) is 51.3 Å². The highest BCUT2D eigenvalue weighted by molar-refractivity contribution is 7.98. The molecule has 0 saturated carbocycles.